The minimum Gasteiger partial charge on any atom is -0.344 e. The van der Waals surface area contributed by atoms with Gasteiger partial charge in [0.2, 0.25) is 0 Å². The third kappa shape index (κ3) is 6.31. The number of benzene rings is 6. The first-order chi connectivity index (χ1) is 30.6. The summed E-state index contributed by atoms with van der Waals surface area (Å²) in [6.07, 6.45) is 12.4. The maximum absolute atomic E-state index is 5.34. The first kappa shape index (κ1) is 37.5. The lowest BCUT2D eigenvalue weighted by molar-refractivity contribution is 0.671. The number of nitrogens with one attached hydrogen (secondary N) is 1. The zero-order chi connectivity index (χ0) is 41.6. The highest BCUT2D eigenvalue weighted by Gasteiger charge is 2.53. The molecule has 5 aliphatic rings. The quantitative estimate of drug-likeness (QED) is 0.127. The van der Waals surface area contributed by atoms with Crippen LogP contribution in [0, 0.1) is 0 Å². The Hall–Kier alpha value is -7.50. The van der Waals surface area contributed by atoms with E-state index in [0.717, 1.165) is 65.1 Å². The van der Waals surface area contributed by atoms with Crippen LogP contribution in [0.1, 0.15) is 83.3 Å². The molecule has 1 atom stereocenters. The molecule has 1 N–H and O–H groups in total. The van der Waals surface area contributed by atoms with E-state index in [1.807, 2.05) is 42.5 Å². The smallest absolute Gasteiger partial charge is 0.159 e. The normalized spacial score (nSPS) is 18.4. The number of allylic oxidation sites excluding steroid dienone is 6. The van der Waals surface area contributed by atoms with Crippen LogP contribution >= 0.6 is 0 Å². The van der Waals surface area contributed by atoms with Crippen molar-refractivity contribution in [3.05, 3.63) is 250 Å². The van der Waals surface area contributed by atoms with E-state index in [2.05, 4.69) is 158 Å². The summed E-state index contributed by atoms with van der Waals surface area (Å²) >= 11 is 0. The lowest BCUT2D eigenvalue weighted by Crippen LogP contribution is -2.33. The molecule has 0 bridgehead atoms. The van der Waals surface area contributed by atoms with Crippen molar-refractivity contribution in [2.24, 2.45) is 20.0 Å². The van der Waals surface area contributed by atoms with Crippen molar-refractivity contribution in [1.29, 1.82) is 0 Å². The first-order valence-electron chi connectivity index (χ1n) is 21.6. The largest absolute Gasteiger partial charge is 0.344 e. The van der Waals surface area contributed by atoms with Gasteiger partial charge in [0.05, 0.1) is 11.1 Å². The minimum atomic E-state index is -0.406. The highest BCUT2D eigenvalue weighted by atomic mass is 15.2. The van der Waals surface area contributed by atoms with Gasteiger partial charge in [0.1, 0.15) is 12.0 Å². The molecule has 4 aliphatic carbocycles. The summed E-state index contributed by atoms with van der Waals surface area (Å²) in [6.45, 7) is 6.51. The standard InChI is InChI=1S/C57H45N5/c1-37(39-19-7-3-8-20-39)58-53(40-21-9-4-10-22-40)59-38(2)43-31-33-51-47(35-43)48-36-44(32-34-52(48)57(51)49-29-17-15-27-45(49)46-28-16-18-30-50(46)57)56-61-54(41-23-11-5-12-24-41)60-55(62-56)42-25-13-6-14-26-42/h3,5-9,11-30,32,34-36,56H,1,4,10,31,33H2,2H3,(H,60,61,62)/b58-53-,59-38+. The van der Waals surface area contributed by atoms with Gasteiger partial charge < -0.3 is 5.32 Å². The van der Waals surface area contributed by atoms with Crippen LogP contribution in [-0.4, -0.2) is 23.2 Å². The number of aliphatic imine (C=N–C) groups is 4. The summed E-state index contributed by atoms with van der Waals surface area (Å²) in [5.74, 6) is 2.22. The molecule has 1 aliphatic heterocycles. The Bertz CT molecular complexity index is 3000. The molecule has 0 fully saturated rings. The van der Waals surface area contributed by atoms with Gasteiger partial charge >= 0.3 is 0 Å². The van der Waals surface area contributed by atoms with Crippen LogP contribution in [0.15, 0.2) is 225 Å². The fourth-order valence-electron chi connectivity index (χ4n) is 10.0. The van der Waals surface area contributed by atoms with Gasteiger partial charge in [-0.05, 0) is 106 Å². The van der Waals surface area contributed by atoms with Gasteiger partial charge in [-0.1, -0.05) is 176 Å². The zero-order valence-corrected chi connectivity index (χ0v) is 34.7. The Morgan fingerprint density at radius 2 is 1.32 bits per heavy atom. The highest BCUT2D eigenvalue weighted by molar-refractivity contribution is 6.15. The Labute approximate surface area is 363 Å². The van der Waals surface area contributed by atoms with Crippen LogP contribution in [0.2, 0.25) is 0 Å². The summed E-state index contributed by atoms with van der Waals surface area (Å²) in [4.78, 5) is 20.8. The van der Waals surface area contributed by atoms with Crippen LogP contribution in [0.25, 0.3) is 22.4 Å². The van der Waals surface area contributed by atoms with E-state index in [-0.39, 0.29) is 6.17 Å². The van der Waals surface area contributed by atoms with Gasteiger partial charge in [-0.2, -0.15) is 0 Å². The predicted molar refractivity (Wildman–Crippen MR) is 257 cm³/mol. The van der Waals surface area contributed by atoms with Gasteiger partial charge in [-0.15, -0.1) is 0 Å². The SMILES string of the molecule is C=C(/N=C(\N=C(/C)C1=CC2=C(CC1)C1(c3ccc(C4N=C(c5ccccc5)N=C(c5ccccc5)N4)cc32)c2ccccc2-c2ccccc21)C1=CCCC=C1)c1ccccc1. The number of fused-ring (bicyclic) bond motifs is 9. The van der Waals surface area contributed by atoms with Crippen LogP contribution in [0.3, 0.4) is 0 Å². The van der Waals surface area contributed by atoms with Crippen molar-refractivity contribution in [3.63, 3.8) is 0 Å². The monoisotopic (exact) mass is 799 g/mol. The van der Waals surface area contributed by atoms with Crippen molar-refractivity contribution in [2.75, 3.05) is 0 Å². The highest BCUT2D eigenvalue weighted by Crippen LogP contribution is 2.64. The average molecular weight is 800 g/mol. The molecule has 5 heteroatoms. The molecule has 5 nitrogen and oxygen atoms in total. The van der Waals surface area contributed by atoms with Crippen LogP contribution in [0.4, 0.5) is 0 Å². The first-order valence-corrected chi connectivity index (χ1v) is 21.6. The fraction of sp³-hybridized carbons (Fsp3) is 0.123. The molecular weight excluding hydrogens is 755 g/mol. The number of amidine groups is 3. The molecule has 11 rings (SSSR count). The van der Waals surface area contributed by atoms with E-state index in [4.69, 9.17) is 20.0 Å². The summed E-state index contributed by atoms with van der Waals surface area (Å²) in [5.41, 5.74) is 18.2. The van der Waals surface area contributed by atoms with Gasteiger partial charge in [-0.25, -0.2) is 20.0 Å². The molecule has 0 saturated carbocycles. The molecule has 0 saturated heterocycles. The number of nitrogens with zero attached hydrogens (tertiary/aromatic N) is 4. The van der Waals surface area contributed by atoms with Crippen LogP contribution in [-0.2, 0) is 5.41 Å². The van der Waals surface area contributed by atoms with Gasteiger partial charge in [0.15, 0.2) is 11.7 Å². The molecule has 298 valence electrons. The molecular formula is C57H45N5. The van der Waals surface area contributed by atoms with Crippen molar-refractivity contribution in [3.8, 4) is 11.1 Å². The van der Waals surface area contributed by atoms with E-state index in [1.165, 1.54) is 50.1 Å². The second kappa shape index (κ2) is 15.5. The molecule has 62 heavy (non-hydrogen) atoms. The van der Waals surface area contributed by atoms with Crippen LogP contribution < -0.4 is 5.32 Å². The van der Waals surface area contributed by atoms with Gasteiger partial charge in [-0.3, -0.25) is 0 Å². The summed E-state index contributed by atoms with van der Waals surface area (Å²) in [6, 6.07) is 55.9. The zero-order valence-electron chi connectivity index (χ0n) is 34.7. The third-order valence-electron chi connectivity index (χ3n) is 12.9. The van der Waals surface area contributed by atoms with E-state index < -0.39 is 5.41 Å². The Balaban J connectivity index is 1.07. The fourth-order valence-corrected chi connectivity index (χ4v) is 10.0. The maximum atomic E-state index is 5.34. The topological polar surface area (TPSA) is 61.5 Å². The lowest BCUT2D eigenvalue weighted by Gasteiger charge is -2.34. The molecule has 0 amide bonds. The Morgan fingerprint density at radius 3 is 2.02 bits per heavy atom. The van der Waals surface area contributed by atoms with Crippen molar-refractivity contribution in [2.45, 2.75) is 44.2 Å². The van der Waals surface area contributed by atoms with Gasteiger partial charge in [0.25, 0.3) is 0 Å². The predicted octanol–water partition coefficient (Wildman–Crippen LogP) is 12.8. The van der Waals surface area contributed by atoms with E-state index in [1.54, 1.807) is 0 Å². The summed E-state index contributed by atoms with van der Waals surface area (Å²) in [7, 11) is 0. The molecule has 0 aromatic heterocycles. The molecule has 1 spiro atoms. The maximum Gasteiger partial charge on any atom is 0.159 e. The van der Waals surface area contributed by atoms with Gasteiger partial charge in [0, 0.05) is 22.4 Å². The van der Waals surface area contributed by atoms with E-state index in [9.17, 15) is 0 Å². The second-order valence-corrected chi connectivity index (χ2v) is 16.5. The summed E-state index contributed by atoms with van der Waals surface area (Å²) < 4.78 is 0. The minimum absolute atomic E-state index is 0.351. The Kier molecular flexibility index (Phi) is 9.38. The van der Waals surface area contributed by atoms with Crippen molar-refractivity contribution < 1.29 is 0 Å². The lowest BCUT2D eigenvalue weighted by atomic mass is 9.67. The molecule has 1 heterocycles. The van der Waals surface area contributed by atoms with E-state index in [0.29, 0.717) is 17.4 Å². The van der Waals surface area contributed by atoms with Crippen molar-refractivity contribution >= 4 is 34.5 Å². The molecule has 1 unspecified atom stereocenters. The van der Waals surface area contributed by atoms with E-state index >= 15 is 0 Å². The summed E-state index contributed by atoms with van der Waals surface area (Å²) in [5, 5.41) is 3.73. The number of hydrogen-bond acceptors (Lipinski definition) is 4. The molecule has 6 aromatic carbocycles. The van der Waals surface area contributed by atoms with Crippen molar-refractivity contribution in [1.82, 2.24) is 5.32 Å². The molecule has 6 aromatic rings. The number of rotatable bonds is 7. The third-order valence-corrected chi connectivity index (χ3v) is 12.9. The van der Waals surface area contributed by atoms with Crippen LogP contribution in [0.5, 0.6) is 0 Å². The molecule has 0 radical (unpaired) electrons. The average Bonchev–Trinajstić information content (AvgIpc) is 3.81. The second-order valence-electron chi connectivity index (χ2n) is 16.5. The number of hydrogen-bond donors (Lipinski definition) is 1. The Morgan fingerprint density at radius 1 is 0.677 bits per heavy atom.